The molecule has 0 saturated carbocycles. The van der Waals surface area contributed by atoms with Crippen LogP contribution < -0.4 is 5.32 Å². The SMILES string of the molecule is CNCC1CCc2nc(CCOC)ncc2C1. The number of aromatic nitrogens is 2. The minimum atomic E-state index is 0.696. The van der Waals surface area contributed by atoms with Crippen molar-refractivity contribution in [3.63, 3.8) is 0 Å². The lowest BCUT2D eigenvalue weighted by molar-refractivity contribution is 0.200. The fourth-order valence-corrected chi connectivity index (χ4v) is 2.40. The first kappa shape index (κ1) is 12.5. The summed E-state index contributed by atoms with van der Waals surface area (Å²) in [6.07, 6.45) is 6.25. The summed E-state index contributed by atoms with van der Waals surface area (Å²) in [6, 6.07) is 0. The molecule has 1 aliphatic rings. The number of ether oxygens (including phenoxy) is 1. The highest BCUT2D eigenvalue weighted by molar-refractivity contribution is 5.21. The maximum absolute atomic E-state index is 5.05. The summed E-state index contributed by atoms with van der Waals surface area (Å²) in [6.45, 7) is 1.78. The standard InChI is InChI=1S/C13H21N3O/c1-14-8-10-3-4-12-11(7-10)9-15-13(16-12)5-6-17-2/h9-10,14H,3-8H2,1-2H3. The quantitative estimate of drug-likeness (QED) is 0.827. The topological polar surface area (TPSA) is 47.0 Å². The molecule has 0 fully saturated rings. The second-order valence-electron chi connectivity index (χ2n) is 4.67. The van der Waals surface area contributed by atoms with Gasteiger partial charge in [0.05, 0.1) is 6.61 Å². The first-order chi connectivity index (χ1) is 8.33. The third-order valence-corrected chi connectivity index (χ3v) is 3.32. The highest BCUT2D eigenvalue weighted by atomic mass is 16.5. The van der Waals surface area contributed by atoms with Crippen molar-refractivity contribution in [2.75, 3.05) is 27.3 Å². The van der Waals surface area contributed by atoms with Gasteiger partial charge in [0.1, 0.15) is 5.82 Å². The lowest BCUT2D eigenvalue weighted by atomic mass is 9.87. The van der Waals surface area contributed by atoms with Gasteiger partial charge >= 0.3 is 0 Å². The lowest BCUT2D eigenvalue weighted by Gasteiger charge is -2.23. The molecular formula is C13H21N3O. The van der Waals surface area contributed by atoms with Gasteiger partial charge in [0.25, 0.3) is 0 Å². The number of aryl methyl sites for hydroxylation is 1. The third-order valence-electron chi connectivity index (χ3n) is 3.32. The van der Waals surface area contributed by atoms with E-state index in [0.717, 1.165) is 37.5 Å². The molecule has 0 bridgehead atoms. The molecule has 0 saturated heterocycles. The van der Waals surface area contributed by atoms with E-state index in [9.17, 15) is 0 Å². The summed E-state index contributed by atoms with van der Waals surface area (Å²) in [4.78, 5) is 9.05. The Morgan fingerprint density at radius 1 is 1.53 bits per heavy atom. The molecule has 17 heavy (non-hydrogen) atoms. The van der Waals surface area contributed by atoms with Crippen LogP contribution in [0.4, 0.5) is 0 Å². The summed E-state index contributed by atoms with van der Waals surface area (Å²) >= 11 is 0. The molecule has 4 heteroatoms. The van der Waals surface area contributed by atoms with Gasteiger partial charge in [-0.25, -0.2) is 9.97 Å². The zero-order valence-corrected chi connectivity index (χ0v) is 10.7. The first-order valence-corrected chi connectivity index (χ1v) is 6.30. The van der Waals surface area contributed by atoms with Crippen LogP contribution in [-0.2, 0) is 24.0 Å². The van der Waals surface area contributed by atoms with Crippen molar-refractivity contribution >= 4 is 0 Å². The Bertz CT molecular complexity index is 368. The second-order valence-corrected chi connectivity index (χ2v) is 4.67. The van der Waals surface area contributed by atoms with Crippen LogP contribution in [0, 0.1) is 5.92 Å². The first-order valence-electron chi connectivity index (χ1n) is 6.30. The van der Waals surface area contributed by atoms with E-state index < -0.39 is 0 Å². The zero-order valence-electron chi connectivity index (χ0n) is 10.7. The molecule has 1 atom stereocenters. The number of methoxy groups -OCH3 is 1. The van der Waals surface area contributed by atoms with E-state index in [0.29, 0.717) is 6.61 Å². The molecule has 1 N–H and O–H groups in total. The average Bonchev–Trinajstić information content (AvgIpc) is 2.36. The normalized spacial score (nSPS) is 19.1. The van der Waals surface area contributed by atoms with Crippen molar-refractivity contribution in [2.24, 2.45) is 5.92 Å². The highest BCUT2D eigenvalue weighted by Crippen LogP contribution is 2.23. The van der Waals surface area contributed by atoms with Crippen LogP contribution in [-0.4, -0.2) is 37.3 Å². The Balaban J connectivity index is 2.03. The van der Waals surface area contributed by atoms with E-state index in [-0.39, 0.29) is 0 Å². The minimum absolute atomic E-state index is 0.696. The van der Waals surface area contributed by atoms with Crippen LogP contribution in [0.1, 0.15) is 23.5 Å². The molecule has 1 heterocycles. The smallest absolute Gasteiger partial charge is 0.130 e. The monoisotopic (exact) mass is 235 g/mol. The Morgan fingerprint density at radius 2 is 2.41 bits per heavy atom. The van der Waals surface area contributed by atoms with Crippen molar-refractivity contribution in [1.82, 2.24) is 15.3 Å². The highest BCUT2D eigenvalue weighted by Gasteiger charge is 2.19. The molecular weight excluding hydrogens is 214 g/mol. The summed E-state index contributed by atoms with van der Waals surface area (Å²) < 4.78 is 5.05. The van der Waals surface area contributed by atoms with E-state index in [4.69, 9.17) is 4.74 Å². The van der Waals surface area contributed by atoms with Crippen LogP contribution >= 0.6 is 0 Å². The Hall–Kier alpha value is -1.00. The lowest BCUT2D eigenvalue weighted by Crippen LogP contribution is -2.25. The summed E-state index contributed by atoms with van der Waals surface area (Å²) in [5, 5.41) is 3.25. The van der Waals surface area contributed by atoms with E-state index in [1.165, 1.54) is 17.7 Å². The van der Waals surface area contributed by atoms with E-state index in [1.54, 1.807) is 7.11 Å². The van der Waals surface area contributed by atoms with Crippen LogP contribution in [0.25, 0.3) is 0 Å². The van der Waals surface area contributed by atoms with Gasteiger partial charge in [0, 0.05) is 25.4 Å². The van der Waals surface area contributed by atoms with Gasteiger partial charge in [-0.15, -0.1) is 0 Å². The Labute approximate surface area is 103 Å². The van der Waals surface area contributed by atoms with Crippen LogP contribution in [0.3, 0.4) is 0 Å². The van der Waals surface area contributed by atoms with Crippen LogP contribution in [0.5, 0.6) is 0 Å². The third kappa shape index (κ3) is 3.23. The molecule has 0 aromatic carbocycles. The van der Waals surface area contributed by atoms with Crippen molar-refractivity contribution in [3.05, 3.63) is 23.3 Å². The predicted octanol–water partition coefficient (Wildman–Crippen LogP) is 0.990. The van der Waals surface area contributed by atoms with Gasteiger partial charge in [-0.2, -0.15) is 0 Å². The summed E-state index contributed by atoms with van der Waals surface area (Å²) in [5.41, 5.74) is 2.58. The van der Waals surface area contributed by atoms with E-state index in [2.05, 4.69) is 15.3 Å². The van der Waals surface area contributed by atoms with Crippen molar-refractivity contribution in [3.8, 4) is 0 Å². The largest absolute Gasteiger partial charge is 0.384 e. The van der Waals surface area contributed by atoms with Gasteiger partial charge in [-0.1, -0.05) is 0 Å². The maximum atomic E-state index is 5.05. The Kier molecular flexibility index (Phi) is 4.45. The fraction of sp³-hybridized carbons (Fsp3) is 0.692. The average molecular weight is 235 g/mol. The van der Waals surface area contributed by atoms with Crippen molar-refractivity contribution in [2.45, 2.75) is 25.7 Å². The zero-order chi connectivity index (χ0) is 12.1. The number of nitrogens with one attached hydrogen (secondary N) is 1. The fourth-order valence-electron chi connectivity index (χ4n) is 2.40. The molecule has 1 unspecified atom stereocenters. The van der Waals surface area contributed by atoms with E-state index in [1.807, 2.05) is 13.2 Å². The van der Waals surface area contributed by atoms with Crippen LogP contribution in [0.15, 0.2) is 6.20 Å². The molecule has 0 aliphatic heterocycles. The predicted molar refractivity (Wildman–Crippen MR) is 67.1 cm³/mol. The number of fused-ring (bicyclic) bond motifs is 1. The molecule has 94 valence electrons. The number of hydrogen-bond donors (Lipinski definition) is 1. The van der Waals surface area contributed by atoms with Crippen molar-refractivity contribution < 1.29 is 4.74 Å². The molecule has 4 nitrogen and oxygen atoms in total. The summed E-state index contributed by atoms with van der Waals surface area (Å²) in [5.74, 6) is 1.65. The molecule has 0 amide bonds. The van der Waals surface area contributed by atoms with Gasteiger partial charge in [0.2, 0.25) is 0 Å². The minimum Gasteiger partial charge on any atom is -0.384 e. The Morgan fingerprint density at radius 3 is 3.18 bits per heavy atom. The van der Waals surface area contributed by atoms with Crippen LogP contribution in [0.2, 0.25) is 0 Å². The molecule has 1 aromatic heterocycles. The molecule has 1 aliphatic carbocycles. The second kappa shape index (κ2) is 6.07. The number of nitrogens with zero attached hydrogens (tertiary/aromatic N) is 2. The molecule has 1 aromatic rings. The van der Waals surface area contributed by atoms with Crippen molar-refractivity contribution in [1.29, 1.82) is 0 Å². The van der Waals surface area contributed by atoms with Gasteiger partial charge in [0.15, 0.2) is 0 Å². The molecule has 0 spiro atoms. The maximum Gasteiger partial charge on any atom is 0.130 e. The number of rotatable bonds is 5. The van der Waals surface area contributed by atoms with E-state index >= 15 is 0 Å². The molecule has 2 rings (SSSR count). The van der Waals surface area contributed by atoms with Gasteiger partial charge in [-0.3, -0.25) is 0 Å². The number of hydrogen-bond acceptors (Lipinski definition) is 4. The van der Waals surface area contributed by atoms with Gasteiger partial charge in [-0.05, 0) is 44.3 Å². The molecule has 0 radical (unpaired) electrons. The summed E-state index contributed by atoms with van der Waals surface area (Å²) in [7, 11) is 3.72. The van der Waals surface area contributed by atoms with Gasteiger partial charge < -0.3 is 10.1 Å².